The molecular formula is C15H27N3O3. The maximum Gasteiger partial charge on any atom is 0.228 e. The molecule has 1 saturated carbocycles. The molecule has 21 heavy (non-hydrogen) atoms. The lowest BCUT2D eigenvalue weighted by Crippen LogP contribution is -2.32. The SMILES string of the molecule is CNC(COC)Cc1nc(C2(OC)CCCCCC2)no1. The summed E-state index contributed by atoms with van der Waals surface area (Å²) in [5.74, 6) is 1.34. The van der Waals surface area contributed by atoms with E-state index in [0.29, 0.717) is 24.7 Å². The minimum absolute atomic E-state index is 0.177. The highest BCUT2D eigenvalue weighted by molar-refractivity contribution is 5.03. The third kappa shape index (κ3) is 4.02. The van der Waals surface area contributed by atoms with Gasteiger partial charge in [0.05, 0.1) is 6.61 Å². The van der Waals surface area contributed by atoms with Crippen LogP contribution in [0.4, 0.5) is 0 Å². The van der Waals surface area contributed by atoms with Gasteiger partial charge in [0.25, 0.3) is 0 Å². The predicted molar refractivity (Wildman–Crippen MR) is 79.1 cm³/mol. The topological polar surface area (TPSA) is 69.4 Å². The summed E-state index contributed by atoms with van der Waals surface area (Å²) in [5, 5.41) is 7.38. The molecule has 0 aliphatic heterocycles. The highest BCUT2D eigenvalue weighted by Crippen LogP contribution is 2.37. The van der Waals surface area contributed by atoms with E-state index in [2.05, 4.69) is 15.5 Å². The second-order valence-electron chi connectivity index (χ2n) is 5.77. The second kappa shape index (κ2) is 7.87. The average molecular weight is 297 g/mol. The molecule has 1 aliphatic carbocycles. The first-order valence-corrected chi connectivity index (χ1v) is 7.78. The summed E-state index contributed by atoms with van der Waals surface area (Å²) in [4.78, 5) is 4.59. The minimum atomic E-state index is -0.366. The predicted octanol–water partition coefficient (Wildman–Crippen LogP) is 2.04. The van der Waals surface area contributed by atoms with Crippen molar-refractivity contribution >= 4 is 0 Å². The van der Waals surface area contributed by atoms with Crippen LogP contribution >= 0.6 is 0 Å². The van der Waals surface area contributed by atoms with Gasteiger partial charge in [0.1, 0.15) is 5.60 Å². The summed E-state index contributed by atoms with van der Waals surface area (Å²) in [7, 11) is 5.35. The van der Waals surface area contributed by atoms with Crippen LogP contribution < -0.4 is 5.32 Å². The van der Waals surface area contributed by atoms with E-state index in [4.69, 9.17) is 14.0 Å². The summed E-state index contributed by atoms with van der Waals surface area (Å²) in [6.45, 7) is 0.615. The Balaban J connectivity index is 2.09. The summed E-state index contributed by atoms with van der Waals surface area (Å²) in [5.41, 5.74) is -0.366. The van der Waals surface area contributed by atoms with Crippen LogP contribution in [0, 0.1) is 0 Å². The van der Waals surface area contributed by atoms with Gasteiger partial charge in [-0.1, -0.05) is 30.8 Å². The van der Waals surface area contributed by atoms with Gasteiger partial charge >= 0.3 is 0 Å². The lowest BCUT2D eigenvalue weighted by molar-refractivity contribution is -0.0365. The van der Waals surface area contributed by atoms with Crippen molar-refractivity contribution in [2.45, 2.75) is 56.6 Å². The fraction of sp³-hybridized carbons (Fsp3) is 0.867. The van der Waals surface area contributed by atoms with Crippen molar-refractivity contribution in [1.29, 1.82) is 0 Å². The highest BCUT2D eigenvalue weighted by Gasteiger charge is 2.37. The van der Waals surface area contributed by atoms with Gasteiger partial charge in [-0.2, -0.15) is 4.98 Å². The molecule has 0 bridgehead atoms. The molecular weight excluding hydrogens is 270 g/mol. The van der Waals surface area contributed by atoms with E-state index < -0.39 is 0 Å². The van der Waals surface area contributed by atoms with Crippen LogP contribution in [-0.4, -0.2) is 44.1 Å². The van der Waals surface area contributed by atoms with Crippen molar-refractivity contribution in [2.24, 2.45) is 0 Å². The van der Waals surface area contributed by atoms with Crippen LogP contribution in [0.15, 0.2) is 4.52 Å². The number of aromatic nitrogens is 2. The summed E-state index contributed by atoms with van der Waals surface area (Å²) in [6.07, 6.45) is 7.42. The number of ether oxygens (including phenoxy) is 2. The van der Waals surface area contributed by atoms with Gasteiger partial charge in [-0.3, -0.25) is 0 Å². The summed E-state index contributed by atoms with van der Waals surface area (Å²) < 4.78 is 16.4. The normalized spacial score (nSPS) is 20.1. The van der Waals surface area contributed by atoms with E-state index in [0.717, 1.165) is 25.7 Å². The van der Waals surface area contributed by atoms with Crippen LogP contribution in [-0.2, 0) is 21.5 Å². The quantitative estimate of drug-likeness (QED) is 0.777. The van der Waals surface area contributed by atoms with E-state index >= 15 is 0 Å². The van der Waals surface area contributed by atoms with E-state index in [9.17, 15) is 0 Å². The maximum atomic E-state index is 5.81. The zero-order chi connectivity index (χ0) is 15.1. The van der Waals surface area contributed by atoms with E-state index in [1.807, 2.05) is 7.05 Å². The number of nitrogens with one attached hydrogen (secondary N) is 1. The first kappa shape index (κ1) is 16.4. The van der Waals surface area contributed by atoms with E-state index in [1.165, 1.54) is 12.8 Å². The fourth-order valence-electron chi connectivity index (χ4n) is 3.00. The van der Waals surface area contributed by atoms with Crippen molar-refractivity contribution in [2.75, 3.05) is 27.9 Å². The molecule has 1 atom stereocenters. The number of likely N-dealkylation sites (N-methyl/N-ethyl adjacent to an activating group) is 1. The first-order valence-electron chi connectivity index (χ1n) is 7.78. The van der Waals surface area contributed by atoms with Gasteiger partial charge in [-0.25, -0.2) is 0 Å². The molecule has 1 aliphatic rings. The smallest absolute Gasteiger partial charge is 0.228 e. The zero-order valence-electron chi connectivity index (χ0n) is 13.4. The standard InChI is InChI=1S/C15H27N3O3/c1-16-12(11-19-2)10-13-17-14(18-21-13)15(20-3)8-6-4-5-7-9-15/h12,16H,4-11H2,1-3H3. The molecule has 0 amide bonds. The molecule has 120 valence electrons. The number of hydrogen-bond acceptors (Lipinski definition) is 6. The van der Waals surface area contributed by atoms with Crippen molar-refractivity contribution in [3.05, 3.63) is 11.7 Å². The second-order valence-corrected chi connectivity index (χ2v) is 5.77. The molecule has 1 heterocycles. The fourth-order valence-corrected chi connectivity index (χ4v) is 3.00. The van der Waals surface area contributed by atoms with Crippen molar-refractivity contribution in [1.82, 2.24) is 15.5 Å². The Kier molecular flexibility index (Phi) is 6.14. The molecule has 1 aromatic rings. The summed E-state index contributed by atoms with van der Waals surface area (Å²) in [6, 6.07) is 0.177. The number of methoxy groups -OCH3 is 2. The molecule has 2 rings (SSSR count). The van der Waals surface area contributed by atoms with E-state index in [-0.39, 0.29) is 11.6 Å². The Labute approximate surface area is 126 Å². The first-order chi connectivity index (χ1) is 10.2. The molecule has 1 unspecified atom stereocenters. The Morgan fingerprint density at radius 1 is 1.24 bits per heavy atom. The van der Waals surface area contributed by atoms with Crippen molar-refractivity contribution in [3.8, 4) is 0 Å². The number of rotatable bonds is 7. The Morgan fingerprint density at radius 3 is 2.52 bits per heavy atom. The zero-order valence-corrected chi connectivity index (χ0v) is 13.4. The monoisotopic (exact) mass is 297 g/mol. The molecule has 1 N–H and O–H groups in total. The third-order valence-corrected chi connectivity index (χ3v) is 4.37. The Hall–Kier alpha value is -0.980. The molecule has 0 saturated heterocycles. The molecule has 0 spiro atoms. The lowest BCUT2D eigenvalue weighted by Gasteiger charge is -2.27. The van der Waals surface area contributed by atoms with Crippen LogP contribution in [0.2, 0.25) is 0 Å². The largest absolute Gasteiger partial charge is 0.383 e. The van der Waals surface area contributed by atoms with Crippen LogP contribution in [0.5, 0.6) is 0 Å². The third-order valence-electron chi connectivity index (χ3n) is 4.37. The molecule has 0 radical (unpaired) electrons. The van der Waals surface area contributed by atoms with Gasteiger partial charge in [-0.05, 0) is 19.9 Å². The van der Waals surface area contributed by atoms with E-state index in [1.54, 1.807) is 14.2 Å². The summed E-state index contributed by atoms with van der Waals surface area (Å²) >= 11 is 0. The molecule has 6 nitrogen and oxygen atoms in total. The minimum Gasteiger partial charge on any atom is -0.383 e. The molecule has 1 aromatic heterocycles. The molecule has 0 aromatic carbocycles. The van der Waals surface area contributed by atoms with Crippen molar-refractivity contribution < 1.29 is 14.0 Å². The lowest BCUT2D eigenvalue weighted by atomic mass is 9.93. The van der Waals surface area contributed by atoms with Gasteiger partial charge in [0.15, 0.2) is 0 Å². The van der Waals surface area contributed by atoms with Crippen LogP contribution in [0.25, 0.3) is 0 Å². The molecule has 1 fully saturated rings. The Morgan fingerprint density at radius 2 is 1.95 bits per heavy atom. The average Bonchev–Trinajstić information content (AvgIpc) is 2.84. The van der Waals surface area contributed by atoms with Crippen LogP contribution in [0.1, 0.15) is 50.2 Å². The van der Waals surface area contributed by atoms with Gasteiger partial charge in [0.2, 0.25) is 11.7 Å². The number of nitrogens with zero attached hydrogens (tertiary/aromatic N) is 2. The van der Waals surface area contributed by atoms with Gasteiger partial charge < -0.3 is 19.3 Å². The van der Waals surface area contributed by atoms with Gasteiger partial charge in [0, 0.05) is 26.7 Å². The highest BCUT2D eigenvalue weighted by atomic mass is 16.5. The Bertz CT molecular complexity index is 414. The molecule has 6 heteroatoms. The van der Waals surface area contributed by atoms with Crippen LogP contribution in [0.3, 0.4) is 0 Å². The van der Waals surface area contributed by atoms with Gasteiger partial charge in [-0.15, -0.1) is 0 Å². The van der Waals surface area contributed by atoms with Crippen molar-refractivity contribution in [3.63, 3.8) is 0 Å². The number of hydrogen-bond donors (Lipinski definition) is 1. The maximum absolute atomic E-state index is 5.81.